The minimum absolute atomic E-state index is 0.000414. The highest BCUT2D eigenvalue weighted by Gasteiger charge is 2.36. The second-order valence-corrected chi connectivity index (χ2v) is 13.0. The molecular weight excluding hydrogens is 542 g/mol. The van der Waals surface area contributed by atoms with E-state index in [4.69, 9.17) is 4.74 Å². The molecule has 0 radical (unpaired) electrons. The molecule has 13 heteroatoms. The van der Waals surface area contributed by atoms with Crippen molar-refractivity contribution in [2.45, 2.75) is 37.1 Å². The molecule has 2 amide bonds. The van der Waals surface area contributed by atoms with Crippen molar-refractivity contribution in [1.82, 2.24) is 19.0 Å². The van der Waals surface area contributed by atoms with Gasteiger partial charge in [-0.05, 0) is 43.5 Å². The molecule has 4 rings (SSSR count). The summed E-state index contributed by atoms with van der Waals surface area (Å²) in [7, 11) is -0.609. The molecule has 0 unspecified atom stereocenters. The zero-order chi connectivity index (χ0) is 28.5. The SMILES string of the molecule is Cc1cc(C(=O)Nc2cccc3c2O[C@H](CN(C)S(=O)(=O)c2cccs2)[C@@H](C)CN([C@@H](C)CO)C3=O)n(C)n1. The van der Waals surface area contributed by atoms with Gasteiger partial charge in [0.25, 0.3) is 21.8 Å². The summed E-state index contributed by atoms with van der Waals surface area (Å²) < 4.78 is 35.7. The molecule has 1 aliphatic heterocycles. The fourth-order valence-corrected chi connectivity index (χ4v) is 6.87. The van der Waals surface area contributed by atoms with Crippen LogP contribution < -0.4 is 10.1 Å². The number of ether oxygens (including phenoxy) is 1. The summed E-state index contributed by atoms with van der Waals surface area (Å²) in [6.07, 6.45) is -0.679. The van der Waals surface area contributed by atoms with E-state index in [9.17, 15) is 23.1 Å². The van der Waals surface area contributed by atoms with Crippen molar-refractivity contribution >= 4 is 38.9 Å². The van der Waals surface area contributed by atoms with Crippen LogP contribution in [0.1, 0.15) is 40.4 Å². The Hall–Kier alpha value is -3.26. The van der Waals surface area contributed by atoms with Gasteiger partial charge in [0.15, 0.2) is 5.75 Å². The first-order valence-corrected chi connectivity index (χ1v) is 14.8. The molecule has 2 aromatic heterocycles. The second-order valence-electron chi connectivity index (χ2n) is 9.77. The van der Waals surface area contributed by atoms with Gasteiger partial charge in [-0.15, -0.1) is 11.3 Å². The lowest BCUT2D eigenvalue weighted by atomic mass is 9.99. The van der Waals surface area contributed by atoms with Crippen LogP contribution in [-0.2, 0) is 17.1 Å². The summed E-state index contributed by atoms with van der Waals surface area (Å²) in [5.41, 5.74) is 1.47. The smallest absolute Gasteiger partial charge is 0.274 e. The lowest BCUT2D eigenvalue weighted by molar-refractivity contribution is 0.0388. The number of fused-ring (bicyclic) bond motifs is 1. The van der Waals surface area contributed by atoms with Crippen LogP contribution in [0.2, 0.25) is 0 Å². The Labute approximate surface area is 232 Å². The number of rotatable bonds is 8. The molecule has 3 atom stereocenters. The first kappa shape index (κ1) is 28.7. The third-order valence-electron chi connectivity index (χ3n) is 6.77. The normalized spacial score (nSPS) is 18.7. The molecule has 0 bridgehead atoms. The maximum atomic E-state index is 13.6. The van der Waals surface area contributed by atoms with Crippen LogP contribution in [0.3, 0.4) is 0 Å². The molecule has 0 saturated heterocycles. The number of nitrogens with zero attached hydrogens (tertiary/aromatic N) is 4. The number of carbonyl (C=O) groups is 2. The molecule has 3 aromatic rings. The van der Waals surface area contributed by atoms with E-state index in [1.807, 2.05) is 6.92 Å². The first-order valence-electron chi connectivity index (χ1n) is 12.5. The van der Waals surface area contributed by atoms with E-state index < -0.39 is 28.1 Å². The summed E-state index contributed by atoms with van der Waals surface area (Å²) in [4.78, 5) is 28.3. The fourth-order valence-electron chi connectivity index (χ4n) is 4.48. The number of benzene rings is 1. The predicted molar refractivity (Wildman–Crippen MR) is 148 cm³/mol. The van der Waals surface area contributed by atoms with Crippen molar-refractivity contribution in [3.63, 3.8) is 0 Å². The van der Waals surface area contributed by atoms with Crippen molar-refractivity contribution in [1.29, 1.82) is 0 Å². The van der Waals surface area contributed by atoms with Gasteiger partial charge < -0.3 is 20.1 Å². The van der Waals surface area contributed by atoms with Gasteiger partial charge >= 0.3 is 0 Å². The Balaban J connectivity index is 1.74. The molecule has 1 aromatic carbocycles. The largest absolute Gasteiger partial charge is 0.486 e. The number of hydrogen-bond acceptors (Lipinski definition) is 8. The van der Waals surface area contributed by atoms with Crippen molar-refractivity contribution in [2.24, 2.45) is 13.0 Å². The summed E-state index contributed by atoms with van der Waals surface area (Å²) >= 11 is 1.13. The lowest BCUT2D eigenvalue weighted by Crippen LogP contribution is -2.50. The lowest BCUT2D eigenvalue weighted by Gasteiger charge is -2.38. The monoisotopic (exact) mass is 575 g/mol. The maximum absolute atomic E-state index is 13.6. The van der Waals surface area contributed by atoms with Crippen LogP contribution in [-0.4, -0.2) is 83.2 Å². The standard InChI is InChI=1S/C26H33N5O6S2/c1-16-13-31(18(3)15-32)26(34)19-8-6-9-20(27-25(33)21-12-17(2)28-30(21)5)24(19)37-22(16)14-29(4)39(35,36)23-10-7-11-38-23/h6-12,16,18,22,32H,13-15H2,1-5H3,(H,27,33)/t16-,18-,22+/m0/s1. The predicted octanol–water partition coefficient (Wildman–Crippen LogP) is 2.58. The minimum Gasteiger partial charge on any atom is -0.486 e. The molecule has 3 heterocycles. The molecule has 210 valence electrons. The molecule has 11 nitrogen and oxygen atoms in total. The van der Waals surface area contributed by atoms with Gasteiger partial charge in [-0.3, -0.25) is 14.3 Å². The van der Waals surface area contributed by atoms with Crippen molar-refractivity contribution in [3.05, 3.63) is 58.7 Å². The molecule has 0 saturated carbocycles. The van der Waals surface area contributed by atoms with Crippen LogP contribution >= 0.6 is 11.3 Å². The minimum atomic E-state index is -3.76. The van der Waals surface area contributed by atoms with Gasteiger partial charge in [0.1, 0.15) is 16.0 Å². The third kappa shape index (κ3) is 5.86. The number of sulfonamides is 1. The number of aromatic nitrogens is 2. The van der Waals surface area contributed by atoms with E-state index in [2.05, 4.69) is 10.4 Å². The zero-order valence-corrected chi connectivity index (χ0v) is 24.1. The van der Waals surface area contributed by atoms with E-state index in [0.717, 1.165) is 11.3 Å². The van der Waals surface area contributed by atoms with E-state index in [1.165, 1.54) is 16.0 Å². The number of nitrogens with one attached hydrogen (secondary N) is 1. The molecule has 0 spiro atoms. The average Bonchev–Trinajstić information content (AvgIpc) is 3.56. The van der Waals surface area contributed by atoms with Crippen LogP contribution in [0, 0.1) is 12.8 Å². The molecule has 1 aliphatic rings. The van der Waals surface area contributed by atoms with Crippen molar-refractivity contribution < 1.29 is 27.9 Å². The average molecular weight is 576 g/mol. The molecule has 0 fully saturated rings. The number of likely N-dealkylation sites (N-methyl/N-ethyl adjacent to an activating group) is 1. The molecule has 39 heavy (non-hydrogen) atoms. The van der Waals surface area contributed by atoms with E-state index in [1.54, 1.807) is 67.6 Å². The number of aliphatic hydroxyl groups is 1. The number of aliphatic hydroxyl groups excluding tert-OH is 1. The van der Waals surface area contributed by atoms with Crippen LogP contribution in [0.25, 0.3) is 0 Å². The number of aryl methyl sites for hydroxylation is 2. The molecule has 2 N–H and O–H groups in total. The van der Waals surface area contributed by atoms with Crippen LogP contribution in [0.15, 0.2) is 46.0 Å². The number of amides is 2. The van der Waals surface area contributed by atoms with Gasteiger partial charge in [-0.1, -0.05) is 19.1 Å². The number of thiophene rings is 1. The summed E-state index contributed by atoms with van der Waals surface area (Å²) in [5, 5.41) is 18.6. The Morgan fingerprint density at radius 3 is 2.69 bits per heavy atom. The Bertz CT molecular complexity index is 1450. The van der Waals surface area contributed by atoms with Crippen LogP contribution in [0.4, 0.5) is 5.69 Å². The first-order chi connectivity index (χ1) is 18.4. The summed E-state index contributed by atoms with van der Waals surface area (Å²) in [5.74, 6) is -0.972. The van der Waals surface area contributed by atoms with Gasteiger partial charge in [-0.25, -0.2) is 8.42 Å². The Kier molecular flexibility index (Phi) is 8.45. The Morgan fingerprint density at radius 1 is 1.33 bits per heavy atom. The van der Waals surface area contributed by atoms with Gasteiger partial charge in [0, 0.05) is 26.6 Å². The van der Waals surface area contributed by atoms with E-state index >= 15 is 0 Å². The van der Waals surface area contributed by atoms with Gasteiger partial charge in [0.2, 0.25) is 0 Å². The molecular formula is C26H33N5O6S2. The van der Waals surface area contributed by atoms with Gasteiger partial charge in [0.05, 0.1) is 36.1 Å². The number of carbonyl (C=O) groups excluding carboxylic acids is 2. The van der Waals surface area contributed by atoms with Crippen molar-refractivity contribution in [2.75, 3.05) is 32.1 Å². The van der Waals surface area contributed by atoms with Gasteiger partial charge in [-0.2, -0.15) is 9.40 Å². The number of anilines is 1. The number of hydrogen-bond donors (Lipinski definition) is 2. The topological polar surface area (TPSA) is 134 Å². The summed E-state index contributed by atoms with van der Waals surface area (Å²) in [6.45, 7) is 5.38. The van der Waals surface area contributed by atoms with E-state index in [-0.39, 0.29) is 52.7 Å². The third-order valence-corrected chi connectivity index (χ3v) is 9.97. The highest BCUT2D eigenvalue weighted by molar-refractivity contribution is 7.91. The zero-order valence-electron chi connectivity index (χ0n) is 22.5. The summed E-state index contributed by atoms with van der Waals surface area (Å²) in [6, 6.07) is 9.24. The Morgan fingerprint density at radius 2 is 2.08 bits per heavy atom. The van der Waals surface area contributed by atoms with Crippen molar-refractivity contribution in [3.8, 4) is 5.75 Å². The molecule has 0 aliphatic carbocycles. The number of para-hydroxylation sites is 1. The maximum Gasteiger partial charge on any atom is 0.274 e. The van der Waals surface area contributed by atoms with E-state index in [0.29, 0.717) is 11.4 Å². The van der Waals surface area contributed by atoms with Crippen LogP contribution in [0.5, 0.6) is 5.75 Å². The second kappa shape index (κ2) is 11.5. The highest BCUT2D eigenvalue weighted by atomic mass is 32.2. The fraction of sp³-hybridized carbons (Fsp3) is 0.423. The quantitative estimate of drug-likeness (QED) is 0.422. The highest BCUT2D eigenvalue weighted by Crippen LogP contribution is 2.35.